The van der Waals surface area contributed by atoms with Crippen LogP contribution in [0.5, 0.6) is 0 Å². The summed E-state index contributed by atoms with van der Waals surface area (Å²) in [5.41, 5.74) is 2.35. The fraction of sp³-hybridized carbons (Fsp3) is 0.412. The molecule has 1 N–H and O–H groups in total. The van der Waals surface area contributed by atoms with E-state index in [9.17, 15) is 17.6 Å². The Labute approximate surface area is 151 Å². The van der Waals surface area contributed by atoms with Crippen LogP contribution in [-0.2, 0) is 14.8 Å². The lowest BCUT2D eigenvalue weighted by Gasteiger charge is -2.17. The maximum atomic E-state index is 13.1. The molecule has 140 valence electrons. The van der Waals surface area contributed by atoms with E-state index in [1.54, 1.807) is 23.0 Å². The van der Waals surface area contributed by atoms with Crippen molar-refractivity contribution in [3.8, 4) is 5.69 Å². The lowest BCUT2D eigenvalue weighted by molar-refractivity contribution is -0.121. The zero-order valence-electron chi connectivity index (χ0n) is 14.6. The number of halogens is 1. The minimum Gasteiger partial charge on any atom is -0.348 e. The third kappa shape index (κ3) is 3.78. The average molecular weight is 380 g/mol. The molecular formula is C17H21FN4O3S. The minimum absolute atomic E-state index is 0.0966. The van der Waals surface area contributed by atoms with E-state index < -0.39 is 10.0 Å². The van der Waals surface area contributed by atoms with E-state index in [1.165, 1.54) is 16.4 Å². The van der Waals surface area contributed by atoms with Crippen molar-refractivity contribution in [1.29, 1.82) is 0 Å². The minimum atomic E-state index is -3.30. The molecule has 0 bridgehead atoms. The Balaban J connectivity index is 1.69. The normalized spacial score (nSPS) is 18.0. The topological polar surface area (TPSA) is 84.3 Å². The number of aromatic nitrogens is 2. The number of nitrogens with zero attached hydrogens (tertiary/aromatic N) is 3. The first-order valence-electron chi connectivity index (χ1n) is 8.35. The van der Waals surface area contributed by atoms with Crippen LogP contribution in [-0.4, -0.2) is 47.3 Å². The van der Waals surface area contributed by atoms with Crippen molar-refractivity contribution >= 4 is 15.9 Å². The summed E-state index contributed by atoms with van der Waals surface area (Å²) in [6.07, 6.45) is 2.20. The summed E-state index contributed by atoms with van der Waals surface area (Å²) in [7, 11) is -3.30. The average Bonchev–Trinajstić information content (AvgIpc) is 3.11. The van der Waals surface area contributed by atoms with Crippen LogP contribution >= 0.6 is 0 Å². The molecule has 1 atom stereocenters. The van der Waals surface area contributed by atoms with Gasteiger partial charge >= 0.3 is 0 Å². The van der Waals surface area contributed by atoms with Gasteiger partial charge in [0.15, 0.2) is 0 Å². The maximum Gasteiger partial charge on any atom is 0.235 e. The molecule has 0 spiro atoms. The first-order valence-corrected chi connectivity index (χ1v) is 9.96. The van der Waals surface area contributed by atoms with Gasteiger partial charge in [0, 0.05) is 17.8 Å². The van der Waals surface area contributed by atoms with Gasteiger partial charge in [-0.1, -0.05) is 0 Å². The maximum absolute atomic E-state index is 13.1. The van der Waals surface area contributed by atoms with Crippen LogP contribution in [0.25, 0.3) is 5.69 Å². The molecule has 1 aliphatic rings. The quantitative estimate of drug-likeness (QED) is 0.853. The fourth-order valence-corrected chi connectivity index (χ4v) is 4.56. The van der Waals surface area contributed by atoms with Crippen LogP contribution in [0.3, 0.4) is 0 Å². The van der Waals surface area contributed by atoms with Crippen molar-refractivity contribution in [1.82, 2.24) is 19.4 Å². The van der Waals surface area contributed by atoms with E-state index in [2.05, 4.69) is 10.4 Å². The van der Waals surface area contributed by atoms with E-state index >= 15 is 0 Å². The molecule has 1 amide bonds. The van der Waals surface area contributed by atoms with E-state index in [0.717, 1.165) is 16.9 Å². The molecule has 3 rings (SSSR count). The van der Waals surface area contributed by atoms with E-state index in [1.807, 2.05) is 13.8 Å². The van der Waals surface area contributed by atoms with Gasteiger partial charge in [-0.3, -0.25) is 4.79 Å². The van der Waals surface area contributed by atoms with Crippen LogP contribution in [0, 0.1) is 12.7 Å². The third-order valence-electron chi connectivity index (χ3n) is 4.49. The van der Waals surface area contributed by atoms with Crippen molar-refractivity contribution in [3.63, 3.8) is 0 Å². The summed E-state index contributed by atoms with van der Waals surface area (Å²) in [6.45, 7) is 3.89. The SMILES string of the molecule is Cc1c(C(C)NC(=O)CN2CCCS2(=O)=O)cnn1-c1ccc(F)cc1. The van der Waals surface area contributed by atoms with Gasteiger partial charge in [0.05, 0.1) is 30.2 Å². The predicted molar refractivity (Wildman–Crippen MR) is 94.8 cm³/mol. The Morgan fingerprint density at radius 1 is 1.35 bits per heavy atom. The number of carbonyl (C=O) groups excluding carboxylic acids is 1. The molecule has 1 aliphatic heterocycles. The first-order chi connectivity index (χ1) is 12.3. The van der Waals surface area contributed by atoms with E-state index in [0.29, 0.717) is 13.0 Å². The second kappa shape index (κ2) is 7.16. The van der Waals surface area contributed by atoms with Gasteiger partial charge in [0.1, 0.15) is 5.82 Å². The van der Waals surface area contributed by atoms with Gasteiger partial charge in [-0.25, -0.2) is 17.5 Å². The van der Waals surface area contributed by atoms with Gasteiger partial charge in [-0.15, -0.1) is 0 Å². The van der Waals surface area contributed by atoms with Gasteiger partial charge in [0.2, 0.25) is 15.9 Å². The third-order valence-corrected chi connectivity index (χ3v) is 6.39. The molecule has 1 unspecified atom stereocenters. The Morgan fingerprint density at radius 2 is 2.04 bits per heavy atom. The van der Waals surface area contributed by atoms with E-state index in [4.69, 9.17) is 0 Å². The van der Waals surface area contributed by atoms with Crippen molar-refractivity contribution in [3.05, 3.63) is 47.5 Å². The van der Waals surface area contributed by atoms with Crippen LogP contribution in [0.15, 0.2) is 30.5 Å². The number of sulfonamides is 1. The highest BCUT2D eigenvalue weighted by atomic mass is 32.2. The molecule has 1 fully saturated rings. The zero-order valence-corrected chi connectivity index (χ0v) is 15.5. The molecule has 1 aromatic carbocycles. The number of carbonyl (C=O) groups is 1. The van der Waals surface area contributed by atoms with E-state index in [-0.39, 0.29) is 30.1 Å². The van der Waals surface area contributed by atoms with Crippen LogP contribution in [0.2, 0.25) is 0 Å². The fourth-order valence-electron chi connectivity index (χ4n) is 3.08. The summed E-state index contributed by atoms with van der Waals surface area (Å²) in [4.78, 5) is 12.2. The Bertz CT molecular complexity index is 909. The molecule has 0 saturated carbocycles. The molecule has 9 heteroatoms. The van der Waals surface area contributed by atoms with Crippen LogP contribution in [0.4, 0.5) is 4.39 Å². The Morgan fingerprint density at radius 3 is 2.65 bits per heavy atom. The van der Waals surface area contributed by atoms with Crippen molar-refractivity contribution in [2.45, 2.75) is 26.3 Å². The number of benzene rings is 1. The van der Waals surface area contributed by atoms with Crippen LogP contribution in [0.1, 0.15) is 30.6 Å². The molecule has 1 saturated heterocycles. The van der Waals surface area contributed by atoms with Gasteiger partial charge in [0.25, 0.3) is 0 Å². The van der Waals surface area contributed by atoms with Crippen molar-refractivity contribution < 1.29 is 17.6 Å². The molecular weight excluding hydrogens is 359 g/mol. The smallest absolute Gasteiger partial charge is 0.235 e. The first kappa shape index (κ1) is 18.5. The molecule has 0 aliphatic carbocycles. The van der Waals surface area contributed by atoms with Gasteiger partial charge in [-0.2, -0.15) is 9.40 Å². The molecule has 1 aromatic heterocycles. The highest BCUT2D eigenvalue weighted by Gasteiger charge is 2.30. The largest absolute Gasteiger partial charge is 0.348 e. The number of rotatable bonds is 5. The molecule has 2 aromatic rings. The highest BCUT2D eigenvalue weighted by molar-refractivity contribution is 7.89. The molecule has 2 heterocycles. The van der Waals surface area contributed by atoms with Gasteiger partial charge < -0.3 is 5.32 Å². The molecule has 26 heavy (non-hydrogen) atoms. The standard InChI is InChI=1S/C17H21FN4O3S/c1-12(20-17(23)11-21-8-3-9-26(21,24)25)16-10-19-22(13(16)2)15-6-4-14(18)5-7-15/h4-7,10,12H,3,8-9,11H2,1-2H3,(H,20,23). The van der Waals surface area contributed by atoms with Crippen molar-refractivity contribution in [2.75, 3.05) is 18.8 Å². The number of nitrogens with one attached hydrogen (secondary N) is 1. The predicted octanol–water partition coefficient (Wildman–Crippen LogP) is 1.53. The summed E-state index contributed by atoms with van der Waals surface area (Å²) < 4.78 is 39.6. The lowest BCUT2D eigenvalue weighted by atomic mass is 10.1. The van der Waals surface area contributed by atoms with Crippen molar-refractivity contribution in [2.24, 2.45) is 0 Å². The number of hydrogen-bond donors (Lipinski definition) is 1. The second-order valence-electron chi connectivity index (χ2n) is 6.37. The molecule has 7 nitrogen and oxygen atoms in total. The second-order valence-corrected chi connectivity index (χ2v) is 8.45. The Hall–Kier alpha value is -2.26. The van der Waals surface area contributed by atoms with Crippen LogP contribution < -0.4 is 5.32 Å². The monoisotopic (exact) mass is 380 g/mol. The summed E-state index contributed by atoms with van der Waals surface area (Å²) in [6, 6.07) is 5.64. The number of amides is 1. The summed E-state index contributed by atoms with van der Waals surface area (Å²) >= 11 is 0. The highest BCUT2D eigenvalue weighted by Crippen LogP contribution is 2.20. The summed E-state index contributed by atoms with van der Waals surface area (Å²) in [5, 5.41) is 7.12. The summed E-state index contributed by atoms with van der Waals surface area (Å²) in [5.74, 6) is -0.576. The Kier molecular flexibility index (Phi) is 5.10. The zero-order chi connectivity index (χ0) is 18.9. The lowest BCUT2D eigenvalue weighted by Crippen LogP contribution is -2.39. The number of hydrogen-bond acceptors (Lipinski definition) is 4. The van der Waals surface area contributed by atoms with Gasteiger partial charge in [-0.05, 0) is 44.5 Å². The molecule has 0 radical (unpaired) electrons.